The van der Waals surface area contributed by atoms with E-state index in [0.717, 1.165) is 37.6 Å². The van der Waals surface area contributed by atoms with Gasteiger partial charge >= 0.3 is 12.1 Å². The van der Waals surface area contributed by atoms with Crippen LogP contribution in [0, 0.1) is 17.5 Å². The van der Waals surface area contributed by atoms with Gasteiger partial charge in [0.25, 0.3) is 0 Å². The molecule has 0 saturated carbocycles. The number of hydrogen-bond acceptors (Lipinski definition) is 5. The van der Waals surface area contributed by atoms with Crippen molar-refractivity contribution in [3.8, 4) is 11.5 Å². The van der Waals surface area contributed by atoms with Crippen LogP contribution in [-0.4, -0.2) is 42.9 Å². The second kappa shape index (κ2) is 12.3. The predicted molar refractivity (Wildman–Crippen MR) is 110 cm³/mol. The first kappa shape index (κ1) is 27.8. The van der Waals surface area contributed by atoms with Crippen LogP contribution in [0.2, 0.25) is 0 Å². The first-order valence-electron chi connectivity index (χ1n) is 10.2. The maximum Gasteiger partial charge on any atom is 0.490 e. The normalized spacial score (nSPS) is 15.1. The highest BCUT2D eigenvalue weighted by Gasteiger charge is 2.38. The van der Waals surface area contributed by atoms with Crippen molar-refractivity contribution in [2.45, 2.75) is 38.2 Å². The summed E-state index contributed by atoms with van der Waals surface area (Å²) in [5.74, 6) is -4.82. The van der Waals surface area contributed by atoms with Crippen LogP contribution in [0.3, 0.4) is 0 Å². The zero-order chi connectivity index (χ0) is 26.2. The number of nitrogens with one attached hydrogen (secondary N) is 2. The Hall–Kier alpha value is -3.48. The summed E-state index contributed by atoms with van der Waals surface area (Å²) in [6.07, 6.45) is -3.37. The summed E-state index contributed by atoms with van der Waals surface area (Å²) in [4.78, 5) is 21.0. The molecule has 0 bridgehead atoms. The van der Waals surface area contributed by atoms with E-state index in [4.69, 9.17) is 19.4 Å². The average Bonchev–Trinajstić information content (AvgIpc) is 3.31. The zero-order valence-corrected chi connectivity index (χ0v) is 18.3. The SMILES string of the molecule is COc1cc(OCc2cc(F)cc(F)c2)c(F)cc1CNC(=O)[C@@H]1CCCN1.O=C(O)C(F)(F)F. The van der Waals surface area contributed by atoms with Gasteiger partial charge in [-0.15, -0.1) is 0 Å². The Balaban J connectivity index is 0.000000540. The second-order valence-corrected chi connectivity index (χ2v) is 7.33. The van der Waals surface area contributed by atoms with E-state index < -0.39 is 29.6 Å². The van der Waals surface area contributed by atoms with Crippen molar-refractivity contribution < 1.29 is 50.5 Å². The molecule has 1 aliphatic heterocycles. The molecule has 1 fully saturated rings. The van der Waals surface area contributed by atoms with Gasteiger partial charge in [0.15, 0.2) is 11.6 Å². The van der Waals surface area contributed by atoms with E-state index in [1.807, 2.05) is 0 Å². The molecule has 13 heteroatoms. The van der Waals surface area contributed by atoms with Crippen molar-refractivity contribution in [1.82, 2.24) is 10.6 Å². The third-order valence-corrected chi connectivity index (χ3v) is 4.72. The van der Waals surface area contributed by atoms with E-state index in [0.29, 0.717) is 11.3 Å². The van der Waals surface area contributed by atoms with Gasteiger partial charge in [-0.3, -0.25) is 4.79 Å². The van der Waals surface area contributed by atoms with Crippen LogP contribution in [-0.2, 0) is 22.7 Å². The number of carboxylic acids is 1. The van der Waals surface area contributed by atoms with Gasteiger partial charge in [-0.05, 0) is 43.1 Å². The smallest absolute Gasteiger partial charge is 0.490 e. The highest BCUT2D eigenvalue weighted by atomic mass is 19.4. The van der Waals surface area contributed by atoms with Gasteiger partial charge in [-0.1, -0.05) is 0 Å². The minimum atomic E-state index is -5.08. The lowest BCUT2D eigenvalue weighted by Crippen LogP contribution is -2.40. The van der Waals surface area contributed by atoms with E-state index in [1.165, 1.54) is 19.2 Å². The predicted octanol–water partition coefficient (Wildman–Crippen LogP) is 3.69. The molecule has 1 amide bonds. The Bertz CT molecular complexity index is 1020. The fourth-order valence-electron chi connectivity index (χ4n) is 3.08. The molecule has 3 N–H and O–H groups in total. The lowest BCUT2D eigenvalue weighted by atomic mass is 10.1. The molecule has 2 aromatic rings. The molecule has 0 aliphatic carbocycles. The van der Waals surface area contributed by atoms with Gasteiger partial charge in [0.1, 0.15) is 24.0 Å². The molecule has 1 atom stereocenters. The molecular formula is C22H22F6N2O5. The van der Waals surface area contributed by atoms with Crippen molar-refractivity contribution >= 4 is 11.9 Å². The van der Waals surface area contributed by atoms with Crippen LogP contribution < -0.4 is 20.1 Å². The van der Waals surface area contributed by atoms with Crippen molar-refractivity contribution in [1.29, 1.82) is 0 Å². The summed E-state index contributed by atoms with van der Waals surface area (Å²) >= 11 is 0. The zero-order valence-electron chi connectivity index (χ0n) is 18.3. The summed E-state index contributed by atoms with van der Waals surface area (Å²) in [6, 6.07) is 5.30. The highest BCUT2D eigenvalue weighted by molar-refractivity contribution is 5.82. The Labute approximate surface area is 196 Å². The molecular weight excluding hydrogens is 486 g/mol. The van der Waals surface area contributed by atoms with Gasteiger partial charge in [0, 0.05) is 24.2 Å². The Morgan fingerprint density at radius 1 is 1.09 bits per heavy atom. The fraction of sp³-hybridized carbons (Fsp3) is 0.364. The maximum atomic E-state index is 14.4. The quantitative estimate of drug-likeness (QED) is 0.494. The number of rotatable bonds is 7. The number of carbonyl (C=O) groups excluding carboxylic acids is 1. The van der Waals surface area contributed by atoms with Crippen LogP contribution in [0.1, 0.15) is 24.0 Å². The third kappa shape index (κ3) is 8.67. The lowest BCUT2D eigenvalue weighted by molar-refractivity contribution is -0.192. The fourth-order valence-corrected chi connectivity index (χ4v) is 3.08. The molecule has 1 heterocycles. The van der Waals surface area contributed by atoms with E-state index in [1.54, 1.807) is 0 Å². The van der Waals surface area contributed by atoms with Crippen molar-refractivity contribution in [2.24, 2.45) is 0 Å². The van der Waals surface area contributed by atoms with E-state index in [9.17, 15) is 31.1 Å². The lowest BCUT2D eigenvalue weighted by Gasteiger charge is -2.15. The third-order valence-electron chi connectivity index (χ3n) is 4.72. The van der Waals surface area contributed by atoms with Gasteiger partial charge < -0.3 is 25.2 Å². The van der Waals surface area contributed by atoms with Crippen LogP contribution in [0.4, 0.5) is 26.3 Å². The number of aliphatic carboxylic acids is 1. The van der Waals surface area contributed by atoms with Crippen molar-refractivity contribution in [3.63, 3.8) is 0 Å². The topological polar surface area (TPSA) is 96.9 Å². The molecule has 0 spiro atoms. The highest BCUT2D eigenvalue weighted by Crippen LogP contribution is 2.29. The summed E-state index contributed by atoms with van der Waals surface area (Å²) in [5, 5.41) is 13.0. The minimum absolute atomic E-state index is 0.104. The maximum absolute atomic E-state index is 14.4. The number of carboxylic acid groups (broad SMARTS) is 1. The van der Waals surface area contributed by atoms with Gasteiger partial charge in [0.05, 0.1) is 13.2 Å². The van der Waals surface area contributed by atoms with E-state index in [2.05, 4.69) is 10.6 Å². The van der Waals surface area contributed by atoms with Crippen LogP contribution >= 0.6 is 0 Å². The molecule has 2 aromatic carbocycles. The molecule has 192 valence electrons. The number of hydrogen-bond donors (Lipinski definition) is 3. The standard InChI is InChI=1S/C20H21F3N2O3.C2HF3O2/c1-27-18-9-19(28-11-12-5-14(21)8-15(22)6-12)16(23)7-13(18)10-25-20(26)17-3-2-4-24-17;3-2(4,5)1(6)7/h5-9,17,24H,2-4,10-11H2,1H3,(H,25,26);(H,6,7)/t17-;/m0./s1. The first-order valence-corrected chi connectivity index (χ1v) is 10.2. The van der Waals surface area contributed by atoms with E-state index in [-0.39, 0.29) is 36.4 Å². The Kier molecular flexibility index (Phi) is 9.75. The molecule has 0 radical (unpaired) electrons. The average molecular weight is 508 g/mol. The number of benzene rings is 2. The van der Waals surface area contributed by atoms with Crippen molar-refractivity contribution in [3.05, 3.63) is 58.9 Å². The molecule has 1 aliphatic rings. The van der Waals surface area contributed by atoms with Gasteiger partial charge in [0.2, 0.25) is 5.91 Å². The van der Waals surface area contributed by atoms with Crippen LogP contribution in [0.25, 0.3) is 0 Å². The van der Waals surface area contributed by atoms with Gasteiger partial charge in [-0.25, -0.2) is 18.0 Å². The number of halogens is 6. The number of carbonyl (C=O) groups is 2. The summed E-state index contributed by atoms with van der Waals surface area (Å²) in [6.45, 7) is 0.696. The largest absolute Gasteiger partial charge is 0.496 e. The van der Waals surface area contributed by atoms with Crippen LogP contribution in [0.15, 0.2) is 30.3 Å². The molecule has 0 aromatic heterocycles. The van der Waals surface area contributed by atoms with Crippen LogP contribution in [0.5, 0.6) is 11.5 Å². The second-order valence-electron chi connectivity index (χ2n) is 7.33. The van der Waals surface area contributed by atoms with Crippen molar-refractivity contribution in [2.75, 3.05) is 13.7 Å². The molecule has 0 unspecified atom stereocenters. The first-order chi connectivity index (χ1) is 16.4. The van der Waals surface area contributed by atoms with E-state index >= 15 is 0 Å². The molecule has 1 saturated heterocycles. The number of alkyl halides is 3. The molecule has 35 heavy (non-hydrogen) atoms. The Morgan fingerprint density at radius 3 is 2.23 bits per heavy atom. The summed E-state index contributed by atoms with van der Waals surface area (Å²) in [5.41, 5.74) is 0.687. The number of methoxy groups -OCH3 is 1. The minimum Gasteiger partial charge on any atom is -0.496 e. The Morgan fingerprint density at radius 2 is 1.71 bits per heavy atom. The van der Waals surface area contributed by atoms with Gasteiger partial charge in [-0.2, -0.15) is 13.2 Å². The molecule has 7 nitrogen and oxygen atoms in total. The number of ether oxygens (including phenoxy) is 2. The monoisotopic (exact) mass is 508 g/mol. The number of amides is 1. The summed E-state index contributed by atoms with van der Waals surface area (Å²) < 4.78 is 83.2. The summed E-state index contributed by atoms with van der Waals surface area (Å²) in [7, 11) is 1.42. The molecule has 3 rings (SSSR count).